The van der Waals surface area contributed by atoms with Crippen molar-refractivity contribution in [3.63, 3.8) is 0 Å². The Morgan fingerprint density at radius 3 is 2.44 bits per heavy atom. The van der Waals surface area contributed by atoms with Crippen molar-refractivity contribution in [2.45, 2.75) is 39.4 Å². The molecule has 0 aliphatic rings. The third-order valence-electron chi connectivity index (χ3n) is 3.05. The van der Waals surface area contributed by atoms with Gasteiger partial charge in [0.05, 0.1) is 0 Å². The number of hydrogen-bond acceptors (Lipinski definition) is 2. The van der Waals surface area contributed by atoms with Gasteiger partial charge in [0.1, 0.15) is 0 Å². The Kier molecular flexibility index (Phi) is 4.22. The van der Waals surface area contributed by atoms with Crippen LogP contribution < -0.4 is 10.9 Å². The summed E-state index contributed by atoms with van der Waals surface area (Å²) in [7, 11) is 0.774. The minimum absolute atomic E-state index is 0.132. The molecule has 2 nitrogen and oxygen atoms in total. The first-order chi connectivity index (χ1) is 7.35. The van der Waals surface area contributed by atoms with E-state index in [1.807, 2.05) is 25.1 Å². The van der Waals surface area contributed by atoms with E-state index < -0.39 is 7.12 Å². The molecule has 16 heavy (non-hydrogen) atoms. The molecule has 1 aromatic rings. The van der Waals surface area contributed by atoms with E-state index in [0.29, 0.717) is 5.46 Å². The van der Waals surface area contributed by atoms with Gasteiger partial charge in [-0.1, -0.05) is 61.7 Å². The first kappa shape index (κ1) is 13.3. The van der Waals surface area contributed by atoms with E-state index in [9.17, 15) is 10.0 Å². The van der Waals surface area contributed by atoms with E-state index in [4.69, 9.17) is 0 Å². The van der Waals surface area contributed by atoms with Crippen LogP contribution in [0.15, 0.2) is 18.2 Å². The molecule has 0 aliphatic heterocycles. The zero-order valence-electron chi connectivity index (χ0n) is 10.5. The van der Waals surface area contributed by atoms with Crippen LogP contribution in [0.3, 0.4) is 0 Å². The van der Waals surface area contributed by atoms with Gasteiger partial charge in [0.25, 0.3) is 0 Å². The minimum Gasteiger partial charge on any atom is -0.423 e. The second-order valence-electron chi connectivity index (χ2n) is 4.98. The van der Waals surface area contributed by atoms with E-state index in [1.54, 1.807) is 0 Å². The Morgan fingerprint density at radius 1 is 1.31 bits per heavy atom. The first-order valence-electron chi connectivity index (χ1n) is 5.68. The Labute approximate surface area is 99.1 Å². The molecule has 1 radical (unpaired) electrons. The molecule has 0 aliphatic carbocycles. The van der Waals surface area contributed by atoms with Gasteiger partial charge in [-0.2, -0.15) is 0 Å². The Balaban J connectivity index is 2.95. The maximum atomic E-state index is 9.23. The quantitative estimate of drug-likeness (QED) is 0.725. The fourth-order valence-electron chi connectivity index (χ4n) is 1.58. The van der Waals surface area contributed by atoms with Crippen molar-refractivity contribution in [3.8, 4) is 0 Å². The summed E-state index contributed by atoms with van der Waals surface area (Å²) in [6.45, 7) is 8.36. The van der Waals surface area contributed by atoms with E-state index in [2.05, 4.69) is 28.1 Å². The van der Waals surface area contributed by atoms with Crippen molar-refractivity contribution in [2.75, 3.05) is 0 Å². The number of hydrogen-bond donors (Lipinski definition) is 2. The summed E-state index contributed by atoms with van der Waals surface area (Å²) in [5.41, 5.74) is 2.53. The lowest BCUT2D eigenvalue weighted by atomic mass is 9.49. The SMILES string of the molecule is CCC(C)(C)[B]c1ccc(C)c(B(O)O)c1. The van der Waals surface area contributed by atoms with Gasteiger partial charge in [-0.25, -0.2) is 0 Å². The van der Waals surface area contributed by atoms with Gasteiger partial charge in [-0.3, -0.25) is 0 Å². The van der Waals surface area contributed by atoms with Crippen molar-refractivity contribution >= 4 is 25.3 Å². The Morgan fingerprint density at radius 2 is 1.94 bits per heavy atom. The van der Waals surface area contributed by atoms with E-state index in [-0.39, 0.29) is 5.31 Å². The van der Waals surface area contributed by atoms with Crippen LogP contribution in [0.2, 0.25) is 5.31 Å². The highest BCUT2D eigenvalue weighted by molar-refractivity contribution is 6.62. The fraction of sp³-hybridized carbons (Fsp3) is 0.500. The summed E-state index contributed by atoms with van der Waals surface area (Å²) in [5.74, 6) is 0. The minimum atomic E-state index is -1.39. The van der Waals surface area contributed by atoms with Crippen LogP contribution in [0.25, 0.3) is 0 Å². The van der Waals surface area contributed by atoms with Crippen LogP contribution in [0.5, 0.6) is 0 Å². The van der Waals surface area contributed by atoms with Crippen molar-refractivity contribution in [3.05, 3.63) is 23.8 Å². The third kappa shape index (κ3) is 3.39. The van der Waals surface area contributed by atoms with E-state index in [0.717, 1.165) is 17.4 Å². The van der Waals surface area contributed by atoms with Crippen LogP contribution in [0.4, 0.5) is 0 Å². The van der Waals surface area contributed by atoms with Gasteiger partial charge >= 0.3 is 7.12 Å². The molecule has 0 unspecified atom stereocenters. The van der Waals surface area contributed by atoms with Crippen molar-refractivity contribution in [1.82, 2.24) is 0 Å². The monoisotopic (exact) mass is 217 g/mol. The van der Waals surface area contributed by atoms with Crippen LogP contribution in [-0.2, 0) is 0 Å². The predicted octanol–water partition coefficient (Wildman–Crippen LogP) is 0.613. The van der Waals surface area contributed by atoms with Crippen LogP contribution in [-0.4, -0.2) is 24.4 Å². The second-order valence-corrected chi connectivity index (χ2v) is 4.98. The molecule has 0 atom stereocenters. The summed E-state index contributed by atoms with van der Waals surface area (Å²) in [6.07, 6.45) is 1.05. The molecule has 1 rings (SSSR count). The fourth-order valence-corrected chi connectivity index (χ4v) is 1.58. The summed E-state index contributed by atoms with van der Waals surface area (Å²) < 4.78 is 0. The predicted molar refractivity (Wildman–Crippen MR) is 70.7 cm³/mol. The Hall–Kier alpha value is -0.730. The van der Waals surface area contributed by atoms with Gasteiger partial charge in [0, 0.05) is 0 Å². The highest BCUT2D eigenvalue weighted by Gasteiger charge is 2.20. The maximum absolute atomic E-state index is 9.23. The molecule has 0 amide bonds. The molecular weight excluding hydrogens is 198 g/mol. The largest absolute Gasteiger partial charge is 0.488 e. The van der Waals surface area contributed by atoms with Crippen molar-refractivity contribution in [2.24, 2.45) is 0 Å². The smallest absolute Gasteiger partial charge is 0.423 e. The molecule has 0 saturated carbocycles. The summed E-state index contributed by atoms with van der Waals surface area (Å²) >= 11 is 0. The summed E-state index contributed by atoms with van der Waals surface area (Å²) in [4.78, 5) is 0. The van der Waals surface area contributed by atoms with E-state index in [1.165, 1.54) is 0 Å². The molecule has 0 saturated heterocycles. The molecule has 1 aromatic carbocycles. The lowest BCUT2D eigenvalue weighted by Crippen LogP contribution is -2.37. The molecule has 0 bridgehead atoms. The van der Waals surface area contributed by atoms with Gasteiger partial charge in [-0.05, 0) is 12.4 Å². The number of aryl methyl sites for hydroxylation is 1. The van der Waals surface area contributed by atoms with Crippen LogP contribution in [0, 0.1) is 6.92 Å². The molecule has 0 aromatic heterocycles. The molecule has 0 heterocycles. The average Bonchev–Trinajstić information content (AvgIpc) is 2.20. The third-order valence-corrected chi connectivity index (χ3v) is 3.05. The zero-order chi connectivity index (χ0) is 12.3. The Bertz CT molecular complexity index is 362. The highest BCUT2D eigenvalue weighted by Crippen LogP contribution is 2.25. The van der Waals surface area contributed by atoms with E-state index >= 15 is 0 Å². The molecule has 0 spiro atoms. The van der Waals surface area contributed by atoms with Gasteiger partial charge in [0.2, 0.25) is 0 Å². The first-order valence-corrected chi connectivity index (χ1v) is 5.68. The van der Waals surface area contributed by atoms with Gasteiger partial charge in [-0.15, -0.1) is 0 Å². The highest BCUT2D eigenvalue weighted by atomic mass is 16.4. The number of benzene rings is 1. The number of rotatable bonds is 4. The summed E-state index contributed by atoms with van der Waals surface area (Å²) in [5, 5.41) is 18.6. The molecule has 2 N–H and O–H groups in total. The van der Waals surface area contributed by atoms with Gasteiger partial charge < -0.3 is 10.0 Å². The second kappa shape index (κ2) is 5.07. The average molecular weight is 217 g/mol. The van der Waals surface area contributed by atoms with Gasteiger partial charge in [0.15, 0.2) is 7.28 Å². The van der Waals surface area contributed by atoms with Crippen molar-refractivity contribution < 1.29 is 10.0 Å². The molecule has 0 fully saturated rings. The zero-order valence-corrected chi connectivity index (χ0v) is 10.5. The molecule has 4 heteroatoms. The topological polar surface area (TPSA) is 40.5 Å². The van der Waals surface area contributed by atoms with Crippen LogP contribution in [0.1, 0.15) is 32.8 Å². The summed E-state index contributed by atoms with van der Waals surface area (Å²) in [6, 6.07) is 5.78. The van der Waals surface area contributed by atoms with Crippen LogP contribution >= 0.6 is 0 Å². The molecule has 85 valence electrons. The lowest BCUT2D eigenvalue weighted by Gasteiger charge is -2.22. The van der Waals surface area contributed by atoms with Crippen molar-refractivity contribution in [1.29, 1.82) is 0 Å². The maximum Gasteiger partial charge on any atom is 0.488 e. The normalized spacial score (nSPS) is 11.4. The molecular formula is C12H19B2O2. The lowest BCUT2D eigenvalue weighted by molar-refractivity contribution is 0.425. The standard InChI is InChI=1S/C12H19B2O2/c1-5-12(3,4)13-10-7-6-9(2)11(8-10)14(15)16/h6-8,15-16H,5H2,1-4H3.